The molecule has 0 spiro atoms. The Kier molecular flexibility index (Phi) is 4.95. The molecule has 2 fully saturated rings. The summed E-state index contributed by atoms with van der Waals surface area (Å²) in [5.41, 5.74) is 1.30. The van der Waals surface area contributed by atoms with Gasteiger partial charge in [0.15, 0.2) is 5.69 Å². The van der Waals surface area contributed by atoms with E-state index in [4.69, 9.17) is 27.7 Å². The number of carbonyl (C=O) groups excluding carboxylic acids is 1. The number of likely N-dealkylation sites (tertiary alicyclic amines) is 1. The summed E-state index contributed by atoms with van der Waals surface area (Å²) in [7, 11) is 0. The summed E-state index contributed by atoms with van der Waals surface area (Å²) in [6.45, 7) is 4.43. The van der Waals surface area contributed by atoms with Crippen molar-refractivity contribution in [3.63, 3.8) is 0 Å². The molecular weight excluding hydrogens is 373 g/mol. The van der Waals surface area contributed by atoms with Crippen LogP contribution in [0.25, 0.3) is 0 Å². The number of aromatic nitrogens is 1. The summed E-state index contributed by atoms with van der Waals surface area (Å²) in [6.07, 6.45) is 2.24. The van der Waals surface area contributed by atoms with Gasteiger partial charge in [-0.15, -0.1) is 0 Å². The quantitative estimate of drug-likeness (QED) is 0.829. The highest BCUT2D eigenvalue weighted by Gasteiger charge is 2.33. The summed E-state index contributed by atoms with van der Waals surface area (Å²) in [5.74, 6) is 1.43. The van der Waals surface area contributed by atoms with Crippen LogP contribution in [0.5, 0.6) is 0 Å². The van der Waals surface area contributed by atoms with Crippen molar-refractivity contribution in [3.05, 3.63) is 51.3 Å². The van der Waals surface area contributed by atoms with Gasteiger partial charge in [-0.1, -0.05) is 41.3 Å². The summed E-state index contributed by atoms with van der Waals surface area (Å²) in [5, 5.41) is 8.36. The van der Waals surface area contributed by atoms with Crippen molar-refractivity contribution in [3.8, 4) is 0 Å². The normalized spacial score (nSPS) is 23.3. The van der Waals surface area contributed by atoms with E-state index in [9.17, 15) is 4.79 Å². The van der Waals surface area contributed by atoms with Crippen LogP contribution >= 0.6 is 23.2 Å². The average Bonchev–Trinajstić information content (AvgIpc) is 3.23. The van der Waals surface area contributed by atoms with Crippen LogP contribution in [0.3, 0.4) is 0 Å². The molecule has 1 amide bonds. The van der Waals surface area contributed by atoms with E-state index in [0.717, 1.165) is 37.3 Å². The molecule has 1 aliphatic heterocycles. The van der Waals surface area contributed by atoms with E-state index in [1.165, 1.54) is 0 Å². The maximum absolute atomic E-state index is 12.5. The van der Waals surface area contributed by atoms with Crippen molar-refractivity contribution in [2.24, 2.45) is 5.92 Å². The Balaban J connectivity index is 1.38. The van der Waals surface area contributed by atoms with E-state index in [0.29, 0.717) is 34.1 Å². The molecule has 0 unspecified atom stereocenters. The minimum Gasteiger partial charge on any atom is -0.360 e. The fraction of sp³-hybridized carbons (Fsp3) is 0.474. The van der Waals surface area contributed by atoms with Gasteiger partial charge >= 0.3 is 0 Å². The fourth-order valence-electron chi connectivity index (χ4n) is 3.49. The van der Waals surface area contributed by atoms with Crippen molar-refractivity contribution >= 4 is 29.1 Å². The van der Waals surface area contributed by atoms with Crippen molar-refractivity contribution in [1.29, 1.82) is 0 Å². The SMILES string of the molecule is C[C@H]1CN(Cc2c(Cl)cccc2Cl)C[C@H]1NC(=O)c1cc(C2CC2)on1. The number of benzene rings is 1. The first-order valence-corrected chi connectivity index (χ1v) is 9.69. The van der Waals surface area contributed by atoms with E-state index in [-0.39, 0.29) is 11.9 Å². The number of nitrogens with one attached hydrogen (secondary N) is 1. The zero-order chi connectivity index (χ0) is 18.3. The third-order valence-electron chi connectivity index (χ3n) is 5.19. The molecule has 0 radical (unpaired) electrons. The molecule has 1 aromatic carbocycles. The van der Waals surface area contributed by atoms with Crippen LogP contribution in [-0.4, -0.2) is 35.1 Å². The van der Waals surface area contributed by atoms with Crippen molar-refractivity contribution in [2.45, 2.75) is 38.3 Å². The fourth-order valence-corrected chi connectivity index (χ4v) is 4.01. The molecule has 5 nitrogen and oxygen atoms in total. The molecule has 7 heteroatoms. The molecule has 0 bridgehead atoms. The highest BCUT2D eigenvalue weighted by atomic mass is 35.5. The second-order valence-corrected chi connectivity index (χ2v) is 8.15. The molecule has 1 saturated heterocycles. The van der Waals surface area contributed by atoms with E-state index in [2.05, 4.69) is 22.3 Å². The molecule has 1 aliphatic carbocycles. The van der Waals surface area contributed by atoms with Crippen LogP contribution < -0.4 is 5.32 Å². The van der Waals surface area contributed by atoms with Gasteiger partial charge in [0.25, 0.3) is 5.91 Å². The monoisotopic (exact) mass is 393 g/mol. The lowest BCUT2D eigenvalue weighted by molar-refractivity contribution is 0.0922. The number of amides is 1. The molecule has 2 aliphatic rings. The zero-order valence-corrected chi connectivity index (χ0v) is 16.1. The Morgan fingerprint density at radius 1 is 1.31 bits per heavy atom. The molecule has 1 N–H and O–H groups in total. The van der Waals surface area contributed by atoms with Crippen molar-refractivity contribution in [1.82, 2.24) is 15.4 Å². The second-order valence-electron chi connectivity index (χ2n) is 7.34. The maximum Gasteiger partial charge on any atom is 0.273 e. The van der Waals surface area contributed by atoms with Gasteiger partial charge in [0.2, 0.25) is 0 Å². The molecule has 1 aromatic heterocycles. The van der Waals surface area contributed by atoms with Crippen LogP contribution in [0.4, 0.5) is 0 Å². The lowest BCUT2D eigenvalue weighted by Crippen LogP contribution is -2.40. The lowest BCUT2D eigenvalue weighted by Gasteiger charge is -2.18. The minimum atomic E-state index is -0.171. The number of hydrogen-bond acceptors (Lipinski definition) is 4. The number of rotatable bonds is 5. The average molecular weight is 394 g/mol. The Morgan fingerprint density at radius 3 is 2.73 bits per heavy atom. The summed E-state index contributed by atoms with van der Waals surface area (Å²) < 4.78 is 5.28. The standard InChI is InChI=1S/C19H21Cl2N3O2/c1-11-8-24(9-13-14(20)3-2-4-15(13)21)10-17(11)22-19(25)16-7-18(26-23-16)12-5-6-12/h2-4,7,11-12,17H,5-6,8-10H2,1H3,(H,22,25)/t11-,17+/m0/s1. The van der Waals surface area contributed by atoms with Crippen molar-refractivity contribution in [2.75, 3.05) is 13.1 Å². The lowest BCUT2D eigenvalue weighted by atomic mass is 10.1. The molecule has 138 valence electrons. The molecule has 26 heavy (non-hydrogen) atoms. The molecule has 1 saturated carbocycles. The van der Waals surface area contributed by atoms with Gasteiger partial charge in [-0.05, 0) is 30.9 Å². The summed E-state index contributed by atoms with van der Waals surface area (Å²) in [6, 6.07) is 7.38. The number of carbonyl (C=O) groups is 1. The van der Waals surface area contributed by atoms with Gasteiger partial charge in [-0.2, -0.15) is 0 Å². The second kappa shape index (κ2) is 7.22. The van der Waals surface area contributed by atoms with Crippen LogP contribution in [-0.2, 0) is 6.54 Å². The smallest absolute Gasteiger partial charge is 0.273 e. The first kappa shape index (κ1) is 17.8. The largest absolute Gasteiger partial charge is 0.360 e. The first-order chi connectivity index (χ1) is 12.5. The van der Waals surface area contributed by atoms with Gasteiger partial charge in [-0.25, -0.2) is 0 Å². The van der Waals surface area contributed by atoms with Crippen LogP contribution in [0.2, 0.25) is 10.0 Å². The summed E-state index contributed by atoms with van der Waals surface area (Å²) >= 11 is 12.6. The predicted molar refractivity (Wildman–Crippen MR) is 101 cm³/mol. The van der Waals surface area contributed by atoms with Gasteiger partial charge in [-0.3, -0.25) is 9.69 Å². The third-order valence-corrected chi connectivity index (χ3v) is 5.90. The summed E-state index contributed by atoms with van der Waals surface area (Å²) in [4.78, 5) is 14.7. The molecule has 2 atom stereocenters. The highest BCUT2D eigenvalue weighted by Crippen LogP contribution is 2.40. The Labute approximate surface area is 162 Å². The molecule has 2 aromatic rings. The Morgan fingerprint density at radius 2 is 2.04 bits per heavy atom. The first-order valence-electron chi connectivity index (χ1n) is 8.94. The Bertz CT molecular complexity index is 799. The van der Waals surface area contributed by atoms with Crippen LogP contribution in [0.1, 0.15) is 47.5 Å². The maximum atomic E-state index is 12.5. The molecular formula is C19H21Cl2N3O2. The molecule has 2 heterocycles. The van der Waals surface area contributed by atoms with Gasteiger partial charge in [0.05, 0.1) is 0 Å². The van der Waals surface area contributed by atoms with E-state index in [1.54, 1.807) is 6.07 Å². The molecule has 4 rings (SSSR count). The van der Waals surface area contributed by atoms with E-state index < -0.39 is 0 Å². The topological polar surface area (TPSA) is 58.4 Å². The minimum absolute atomic E-state index is 0.0600. The number of halogens is 2. The van der Waals surface area contributed by atoms with E-state index in [1.807, 2.05) is 18.2 Å². The number of nitrogens with zero attached hydrogens (tertiary/aromatic N) is 2. The Hall–Kier alpha value is -1.56. The van der Waals surface area contributed by atoms with Crippen LogP contribution in [0.15, 0.2) is 28.8 Å². The van der Waals surface area contributed by atoms with Gasteiger partial charge in [0.1, 0.15) is 5.76 Å². The third kappa shape index (κ3) is 3.75. The zero-order valence-electron chi connectivity index (χ0n) is 14.5. The van der Waals surface area contributed by atoms with Crippen molar-refractivity contribution < 1.29 is 9.32 Å². The highest BCUT2D eigenvalue weighted by molar-refractivity contribution is 6.35. The van der Waals surface area contributed by atoms with Gasteiger partial charge < -0.3 is 9.84 Å². The predicted octanol–water partition coefficient (Wildman–Crippen LogP) is 4.11. The van der Waals surface area contributed by atoms with Crippen LogP contribution in [0, 0.1) is 5.92 Å². The van der Waals surface area contributed by atoms with E-state index >= 15 is 0 Å². The van der Waals surface area contributed by atoms with Gasteiger partial charge in [0, 0.05) is 53.3 Å². The number of hydrogen-bond donors (Lipinski definition) is 1.